The molecule has 1 aliphatic rings. The van der Waals surface area contributed by atoms with Crippen LogP contribution in [0.1, 0.15) is 0 Å². The van der Waals surface area contributed by atoms with E-state index in [1.54, 1.807) is 0 Å². The quantitative estimate of drug-likeness (QED) is 0.502. The Hall–Kier alpha value is -1.27. The summed E-state index contributed by atoms with van der Waals surface area (Å²) in [4.78, 5) is 25.2. The van der Waals surface area contributed by atoms with Gasteiger partial charge in [0.2, 0.25) is 0 Å². The van der Waals surface area contributed by atoms with Gasteiger partial charge in [0.1, 0.15) is 12.4 Å². The van der Waals surface area contributed by atoms with Crippen molar-refractivity contribution in [3.63, 3.8) is 0 Å². The number of hydrogen-bond acceptors (Lipinski definition) is 4. The lowest BCUT2D eigenvalue weighted by Crippen LogP contribution is -2.34. The maximum Gasteiger partial charge on any atom is 0.352 e. The fourth-order valence-corrected chi connectivity index (χ4v) is 0.694. The second kappa shape index (κ2) is 2.77. The van der Waals surface area contributed by atoms with E-state index in [9.17, 15) is 9.59 Å². The predicted octanol–water partition coefficient (Wildman–Crippen LogP) is -1.67. The minimum Gasteiger partial charge on any atom is -0.390 e. The van der Waals surface area contributed by atoms with Crippen LogP contribution >= 0.6 is 0 Å². The summed E-state index contributed by atoms with van der Waals surface area (Å²) >= 11 is 0. The maximum atomic E-state index is 10.8. The van der Waals surface area contributed by atoms with Crippen molar-refractivity contribution in [3.05, 3.63) is 0 Å². The summed E-state index contributed by atoms with van der Waals surface area (Å²) in [5.41, 5.74) is -0.232. The van der Waals surface area contributed by atoms with Gasteiger partial charge in [0.05, 0.1) is 6.61 Å². The Kier molecular flexibility index (Phi) is 1.97. The molecule has 3 amide bonds. The van der Waals surface area contributed by atoms with Crippen LogP contribution in [0, 0.1) is 0 Å². The molecule has 0 aromatic rings. The molecule has 60 valence electrons. The van der Waals surface area contributed by atoms with Crippen molar-refractivity contribution in [2.75, 3.05) is 13.3 Å². The first kappa shape index (κ1) is 7.83. The van der Waals surface area contributed by atoms with E-state index in [0.717, 1.165) is 0 Å². The van der Waals surface area contributed by atoms with Crippen molar-refractivity contribution in [1.82, 2.24) is 4.90 Å². The molecular formula is C5H6N2O4. The molecule has 0 saturated heterocycles. The molecule has 1 heterocycles. The number of rotatable bonds is 2. The SMILES string of the molecule is O=C1N=C(CO)C(=O)N1CO. The van der Waals surface area contributed by atoms with E-state index in [4.69, 9.17) is 10.2 Å². The lowest BCUT2D eigenvalue weighted by atomic mass is 10.4. The Balaban J connectivity index is 2.84. The third-order valence-electron chi connectivity index (χ3n) is 1.24. The Morgan fingerprint density at radius 3 is 2.27 bits per heavy atom. The average molecular weight is 158 g/mol. The third-order valence-corrected chi connectivity index (χ3v) is 1.24. The number of carbonyl (C=O) groups is 2. The van der Waals surface area contributed by atoms with E-state index in [-0.39, 0.29) is 5.71 Å². The van der Waals surface area contributed by atoms with E-state index >= 15 is 0 Å². The summed E-state index contributed by atoms with van der Waals surface area (Å²) in [6.07, 6.45) is 0. The van der Waals surface area contributed by atoms with Gasteiger partial charge in [0.25, 0.3) is 5.91 Å². The topological polar surface area (TPSA) is 90.2 Å². The molecule has 0 radical (unpaired) electrons. The van der Waals surface area contributed by atoms with E-state index in [1.165, 1.54) is 0 Å². The normalized spacial score (nSPS) is 17.6. The lowest BCUT2D eigenvalue weighted by Gasteiger charge is -2.06. The molecule has 1 rings (SSSR count). The summed E-state index contributed by atoms with van der Waals surface area (Å²) < 4.78 is 0. The number of nitrogens with zero attached hydrogens (tertiary/aromatic N) is 2. The zero-order valence-electron chi connectivity index (χ0n) is 5.52. The molecule has 0 spiro atoms. The van der Waals surface area contributed by atoms with Crippen LogP contribution in [-0.4, -0.2) is 46.1 Å². The van der Waals surface area contributed by atoms with Gasteiger partial charge in [-0.3, -0.25) is 4.79 Å². The fourth-order valence-electron chi connectivity index (χ4n) is 0.694. The summed E-state index contributed by atoms with van der Waals surface area (Å²) in [7, 11) is 0. The number of aliphatic imine (C=N–C) groups is 1. The van der Waals surface area contributed by atoms with Crippen LogP contribution in [0.15, 0.2) is 4.99 Å². The van der Waals surface area contributed by atoms with Gasteiger partial charge in [-0.05, 0) is 0 Å². The van der Waals surface area contributed by atoms with Gasteiger partial charge in [-0.15, -0.1) is 0 Å². The molecule has 0 fully saturated rings. The third kappa shape index (κ3) is 1.13. The zero-order valence-corrected chi connectivity index (χ0v) is 5.52. The molecule has 6 heteroatoms. The van der Waals surface area contributed by atoms with Gasteiger partial charge in [0.15, 0.2) is 0 Å². The predicted molar refractivity (Wildman–Crippen MR) is 33.8 cm³/mol. The molecule has 0 aromatic carbocycles. The second-order valence-electron chi connectivity index (χ2n) is 1.87. The molecule has 0 aliphatic carbocycles. The van der Waals surface area contributed by atoms with Crippen molar-refractivity contribution < 1.29 is 19.8 Å². The van der Waals surface area contributed by atoms with Crippen molar-refractivity contribution in [2.24, 2.45) is 4.99 Å². The molecule has 1 aliphatic heterocycles. The van der Waals surface area contributed by atoms with Gasteiger partial charge in [-0.1, -0.05) is 0 Å². The standard InChI is InChI=1S/C5H6N2O4/c8-1-3-4(10)7(2-9)5(11)6-3/h8-9H,1-2H2. The largest absolute Gasteiger partial charge is 0.390 e. The Morgan fingerprint density at radius 2 is 2.00 bits per heavy atom. The van der Waals surface area contributed by atoms with Crippen LogP contribution in [0.25, 0.3) is 0 Å². The fraction of sp³-hybridized carbons (Fsp3) is 0.400. The van der Waals surface area contributed by atoms with Gasteiger partial charge in [0, 0.05) is 0 Å². The van der Waals surface area contributed by atoms with Crippen LogP contribution < -0.4 is 0 Å². The molecule has 11 heavy (non-hydrogen) atoms. The zero-order chi connectivity index (χ0) is 8.43. The highest BCUT2D eigenvalue weighted by atomic mass is 16.3. The van der Waals surface area contributed by atoms with E-state index in [1.807, 2.05) is 0 Å². The lowest BCUT2D eigenvalue weighted by molar-refractivity contribution is -0.123. The Bertz CT molecular complexity index is 235. The highest BCUT2D eigenvalue weighted by molar-refractivity contribution is 6.46. The number of imide groups is 1. The van der Waals surface area contributed by atoms with Crippen molar-refractivity contribution in [2.45, 2.75) is 0 Å². The van der Waals surface area contributed by atoms with Crippen LogP contribution in [-0.2, 0) is 4.79 Å². The minimum atomic E-state index is -0.832. The summed E-state index contributed by atoms with van der Waals surface area (Å²) in [6, 6.07) is -0.832. The van der Waals surface area contributed by atoms with Crippen molar-refractivity contribution in [1.29, 1.82) is 0 Å². The van der Waals surface area contributed by atoms with Crippen molar-refractivity contribution >= 4 is 17.6 Å². The number of amides is 3. The maximum absolute atomic E-state index is 10.8. The number of urea groups is 1. The summed E-state index contributed by atoms with van der Waals surface area (Å²) in [5, 5.41) is 16.9. The molecule has 0 saturated carbocycles. The van der Waals surface area contributed by atoms with Crippen molar-refractivity contribution in [3.8, 4) is 0 Å². The highest BCUT2D eigenvalue weighted by Crippen LogP contribution is 2.04. The van der Waals surface area contributed by atoms with Crippen LogP contribution in [0.4, 0.5) is 4.79 Å². The number of aliphatic hydroxyl groups excluding tert-OH is 2. The molecule has 2 N–H and O–H groups in total. The molecular weight excluding hydrogens is 152 g/mol. The highest BCUT2D eigenvalue weighted by Gasteiger charge is 2.31. The summed E-state index contributed by atoms with van der Waals surface area (Å²) in [5.74, 6) is -0.736. The van der Waals surface area contributed by atoms with Crippen LogP contribution in [0.3, 0.4) is 0 Å². The van der Waals surface area contributed by atoms with E-state index in [0.29, 0.717) is 4.90 Å². The van der Waals surface area contributed by atoms with Gasteiger partial charge in [-0.2, -0.15) is 4.99 Å². The Labute approximate surface area is 61.8 Å². The first-order chi connectivity index (χ1) is 5.20. The molecule has 0 unspecified atom stereocenters. The number of aliphatic hydroxyl groups is 2. The Morgan fingerprint density at radius 1 is 1.36 bits per heavy atom. The molecule has 0 aromatic heterocycles. The van der Waals surface area contributed by atoms with Gasteiger partial charge < -0.3 is 10.2 Å². The second-order valence-corrected chi connectivity index (χ2v) is 1.87. The average Bonchev–Trinajstić information content (AvgIpc) is 2.26. The van der Waals surface area contributed by atoms with Gasteiger partial charge >= 0.3 is 6.03 Å². The molecule has 0 bridgehead atoms. The van der Waals surface area contributed by atoms with Crippen LogP contribution in [0.5, 0.6) is 0 Å². The van der Waals surface area contributed by atoms with E-state index in [2.05, 4.69) is 4.99 Å². The van der Waals surface area contributed by atoms with Crippen LogP contribution in [0.2, 0.25) is 0 Å². The summed E-state index contributed by atoms with van der Waals surface area (Å²) in [6.45, 7) is -1.29. The molecule has 6 nitrogen and oxygen atoms in total. The minimum absolute atomic E-state index is 0.232. The van der Waals surface area contributed by atoms with Gasteiger partial charge in [-0.25, -0.2) is 9.69 Å². The smallest absolute Gasteiger partial charge is 0.352 e. The van der Waals surface area contributed by atoms with E-state index < -0.39 is 25.3 Å². The number of hydrogen-bond donors (Lipinski definition) is 2. The monoisotopic (exact) mass is 158 g/mol. The number of carbonyl (C=O) groups excluding carboxylic acids is 2. The first-order valence-electron chi connectivity index (χ1n) is 2.85. The first-order valence-corrected chi connectivity index (χ1v) is 2.85. The molecule has 0 atom stereocenters.